The van der Waals surface area contributed by atoms with Crippen molar-refractivity contribution in [2.24, 2.45) is 0 Å². The molecular formula is C30H59N. The zero-order chi connectivity index (χ0) is 23.7. The number of benzene rings is 1. The Morgan fingerprint density at radius 3 is 1.58 bits per heavy atom. The van der Waals surface area contributed by atoms with E-state index >= 15 is 0 Å². The average Bonchev–Trinajstić information content (AvgIpc) is 2.82. The van der Waals surface area contributed by atoms with Crippen molar-refractivity contribution in [3.05, 3.63) is 35.4 Å². The van der Waals surface area contributed by atoms with Gasteiger partial charge in [0, 0.05) is 6.04 Å². The maximum atomic E-state index is 2.65. The normalized spacial score (nSPS) is 14.2. The monoisotopic (exact) mass is 433 g/mol. The molecule has 1 unspecified atom stereocenters. The van der Waals surface area contributed by atoms with Crippen molar-refractivity contribution in [1.29, 1.82) is 0 Å². The number of rotatable bonds is 9. The molecule has 0 saturated carbocycles. The van der Waals surface area contributed by atoms with Crippen molar-refractivity contribution in [3.8, 4) is 0 Å². The Labute approximate surface area is 198 Å². The van der Waals surface area contributed by atoms with Gasteiger partial charge in [-0.15, -0.1) is 0 Å². The molecular weight excluding hydrogens is 374 g/mol. The highest BCUT2D eigenvalue weighted by molar-refractivity contribution is 5.20. The number of aryl methyl sites for hydroxylation is 2. The van der Waals surface area contributed by atoms with E-state index in [4.69, 9.17) is 0 Å². The molecule has 1 saturated heterocycles. The van der Waals surface area contributed by atoms with Crippen LogP contribution in [0.4, 0.5) is 0 Å². The Hall–Kier alpha value is -0.820. The molecule has 0 bridgehead atoms. The number of hydrogen-bond acceptors (Lipinski definition) is 1. The molecule has 0 aliphatic carbocycles. The minimum Gasteiger partial charge on any atom is -0.301 e. The van der Waals surface area contributed by atoms with Crippen LogP contribution in [0, 0.1) is 6.92 Å². The van der Waals surface area contributed by atoms with Crippen LogP contribution in [0.2, 0.25) is 0 Å². The van der Waals surface area contributed by atoms with Crippen LogP contribution >= 0.6 is 0 Å². The molecule has 1 aromatic rings. The van der Waals surface area contributed by atoms with Gasteiger partial charge in [0.1, 0.15) is 0 Å². The lowest BCUT2D eigenvalue weighted by Gasteiger charge is -2.32. The van der Waals surface area contributed by atoms with Gasteiger partial charge in [-0.2, -0.15) is 0 Å². The molecule has 0 amide bonds. The largest absolute Gasteiger partial charge is 0.301 e. The van der Waals surface area contributed by atoms with Crippen molar-refractivity contribution in [1.82, 2.24) is 4.90 Å². The molecule has 0 radical (unpaired) electrons. The third kappa shape index (κ3) is 22.2. The molecule has 0 spiro atoms. The number of nitrogens with zero attached hydrogens (tertiary/aromatic N) is 1. The topological polar surface area (TPSA) is 3.24 Å². The molecule has 1 nitrogen and oxygen atoms in total. The molecule has 1 aliphatic rings. The standard InChI is InChI=1S/C10H21N.C9H12.C7H16.C4H10/c1-3-7-10(2)11-8-5-4-6-9-11;1-3-9-6-4-8(2)5-7-9;1-3-5-7-6-4-2;1-3-4-2/h10H,3-9H2,1-2H3;4-7H,3H2,1-2H3;3-7H2,1-2H3;3-4H2,1-2H3. The van der Waals surface area contributed by atoms with Crippen LogP contribution in [-0.4, -0.2) is 24.0 Å². The summed E-state index contributed by atoms with van der Waals surface area (Å²) in [6.07, 6.45) is 17.8. The number of likely N-dealkylation sites (tertiary alicyclic amines) is 1. The Bertz CT molecular complexity index is 424. The third-order valence-electron chi connectivity index (χ3n) is 5.96. The Balaban J connectivity index is 0. The van der Waals surface area contributed by atoms with E-state index in [1.54, 1.807) is 0 Å². The highest BCUT2D eigenvalue weighted by Crippen LogP contribution is 2.14. The molecule has 2 rings (SSSR count). The van der Waals surface area contributed by atoms with Crippen LogP contribution in [0.5, 0.6) is 0 Å². The van der Waals surface area contributed by atoms with Gasteiger partial charge in [0.05, 0.1) is 0 Å². The van der Waals surface area contributed by atoms with E-state index in [1.165, 1.54) is 101 Å². The maximum absolute atomic E-state index is 2.65. The second kappa shape index (κ2) is 25.4. The number of piperidine rings is 1. The van der Waals surface area contributed by atoms with Gasteiger partial charge in [0.2, 0.25) is 0 Å². The molecule has 1 heteroatoms. The van der Waals surface area contributed by atoms with E-state index in [1.807, 2.05) is 0 Å². The first-order chi connectivity index (χ1) is 15.0. The molecule has 1 aromatic carbocycles. The van der Waals surface area contributed by atoms with Crippen molar-refractivity contribution < 1.29 is 0 Å². The Morgan fingerprint density at radius 1 is 0.677 bits per heavy atom. The summed E-state index contributed by atoms with van der Waals surface area (Å²) < 4.78 is 0. The van der Waals surface area contributed by atoms with Crippen molar-refractivity contribution in [2.75, 3.05) is 13.1 Å². The Morgan fingerprint density at radius 2 is 1.19 bits per heavy atom. The summed E-state index contributed by atoms with van der Waals surface area (Å²) in [6, 6.07) is 9.49. The van der Waals surface area contributed by atoms with Gasteiger partial charge >= 0.3 is 0 Å². The van der Waals surface area contributed by atoms with Gasteiger partial charge in [-0.25, -0.2) is 0 Å². The van der Waals surface area contributed by atoms with Crippen LogP contribution in [0.3, 0.4) is 0 Å². The van der Waals surface area contributed by atoms with Gasteiger partial charge in [0.25, 0.3) is 0 Å². The zero-order valence-electron chi connectivity index (χ0n) is 22.9. The number of hydrogen-bond donors (Lipinski definition) is 0. The molecule has 0 aromatic heterocycles. The maximum Gasteiger partial charge on any atom is 0.00668 e. The average molecular weight is 434 g/mol. The smallest absolute Gasteiger partial charge is 0.00668 e. The molecule has 1 fully saturated rings. The predicted octanol–water partition coefficient (Wildman–Crippen LogP) is 10.0. The summed E-state index contributed by atoms with van der Waals surface area (Å²) in [4.78, 5) is 2.65. The van der Waals surface area contributed by atoms with E-state index in [-0.39, 0.29) is 0 Å². The minimum absolute atomic E-state index is 0.834. The van der Waals surface area contributed by atoms with Gasteiger partial charge in [0.15, 0.2) is 0 Å². The summed E-state index contributed by atoms with van der Waals surface area (Å²) in [5.74, 6) is 0. The van der Waals surface area contributed by atoms with Crippen LogP contribution in [0.15, 0.2) is 24.3 Å². The zero-order valence-corrected chi connectivity index (χ0v) is 22.9. The summed E-state index contributed by atoms with van der Waals surface area (Å²) in [5, 5.41) is 0. The van der Waals surface area contributed by atoms with E-state index in [0.29, 0.717) is 0 Å². The summed E-state index contributed by atoms with van der Waals surface area (Å²) in [5.41, 5.74) is 2.76. The summed E-state index contributed by atoms with van der Waals surface area (Å²) in [6.45, 7) is 20.5. The first-order valence-corrected chi connectivity index (χ1v) is 13.8. The lowest BCUT2D eigenvalue weighted by molar-refractivity contribution is 0.166. The van der Waals surface area contributed by atoms with Crippen molar-refractivity contribution in [2.45, 2.75) is 145 Å². The van der Waals surface area contributed by atoms with Crippen LogP contribution in [0.25, 0.3) is 0 Å². The molecule has 0 N–H and O–H groups in total. The molecule has 1 aliphatic heterocycles. The minimum atomic E-state index is 0.834. The first-order valence-electron chi connectivity index (χ1n) is 13.8. The lowest BCUT2D eigenvalue weighted by Crippen LogP contribution is -2.37. The van der Waals surface area contributed by atoms with Gasteiger partial charge < -0.3 is 4.90 Å². The van der Waals surface area contributed by atoms with E-state index in [0.717, 1.165) is 12.5 Å². The summed E-state index contributed by atoms with van der Waals surface area (Å²) >= 11 is 0. The Kier molecular flexibility index (Phi) is 26.6. The second-order valence-electron chi connectivity index (χ2n) is 9.13. The van der Waals surface area contributed by atoms with Gasteiger partial charge in [-0.1, -0.05) is 129 Å². The first kappa shape index (κ1) is 32.4. The van der Waals surface area contributed by atoms with E-state index < -0.39 is 0 Å². The van der Waals surface area contributed by atoms with Gasteiger partial charge in [-0.3, -0.25) is 0 Å². The number of unbranched alkanes of at least 4 members (excludes halogenated alkanes) is 5. The van der Waals surface area contributed by atoms with Crippen molar-refractivity contribution >= 4 is 0 Å². The SMILES string of the molecule is CCCC.CCCC(C)N1CCCCC1.CCCCCCC.CCc1ccc(C)cc1. The van der Waals surface area contributed by atoms with Crippen LogP contribution in [0.1, 0.15) is 137 Å². The van der Waals surface area contributed by atoms with Crippen molar-refractivity contribution in [3.63, 3.8) is 0 Å². The quantitative estimate of drug-likeness (QED) is 0.350. The third-order valence-corrected chi connectivity index (χ3v) is 5.96. The van der Waals surface area contributed by atoms with Crippen LogP contribution in [-0.2, 0) is 6.42 Å². The fourth-order valence-corrected chi connectivity index (χ4v) is 3.46. The van der Waals surface area contributed by atoms with E-state index in [9.17, 15) is 0 Å². The lowest BCUT2D eigenvalue weighted by atomic mass is 10.1. The molecule has 31 heavy (non-hydrogen) atoms. The molecule has 184 valence electrons. The molecule has 1 atom stereocenters. The second-order valence-corrected chi connectivity index (χ2v) is 9.13. The highest BCUT2D eigenvalue weighted by atomic mass is 15.1. The fourth-order valence-electron chi connectivity index (χ4n) is 3.46. The van der Waals surface area contributed by atoms with Gasteiger partial charge in [-0.05, 0) is 58.2 Å². The predicted molar refractivity (Wildman–Crippen MR) is 145 cm³/mol. The fraction of sp³-hybridized carbons (Fsp3) is 0.800. The highest BCUT2D eigenvalue weighted by Gasteiger charge is 2.14. The van der Waals surface area contributed by atoms with E-state index in [2.05, 4.69) is 84.6 Å². The van der Waals surface area contributed by atoms with Crippen LogP contribution < -0.4 is 0 Å². The molecule has 1 heterocycles. The summed E-state index contributed by atoms with van der Waals surface area (Å²) in [7, 11) is 0.